The Morgan fingerprint density at radius 1 is 0.756 bits per heavy atom. The zero-order valence-corrected chi connectivity index (χ0v) is 23.7. The van der Waals surface area contributed by atoms with Gasteiger partial charge in [-0.1, -0.05) is 104 Å². The summed E-state index contributed by atoms with van der Waals surface area (Å²) >= 11 is 0. The van der Waals surface area contributed by atoms with E-state index >= 15 is 0 Å². The molecule has 6 rings (SSSR count). The lowest BCUT2D eigenvalue weighted by atomic mass is 9.89. The highest BCUT2D eigenvalue weighted by atomic mass is 16.7. The summed E-state index contributed by atoms with van der Waals surface area (Å²) in [5, 5.41) is 14.7. The highest BCUT2D eigenvalue weighted by Crippen LogP contribution is 2.42. The van der Waals surface area contributed by atoms with E-state index in [-0.39, 0.29) is 24.7 Å². The SMILES string of the molecule is C[C@H]1[C@@H](CN(C)Cc2c3ccccc3cc3ccccc23)OC(c2ccc(CN)cc2)O[C@H]1c1ccc(CO)cc1. The van der Waals surface area contributed by atoms with E-state index in [1.165, 1.54) is 27.1 Å². The van der Waals surface area contributed by atoms with Gasteiger partial charge in [0, 0.05) is 31.1 Å². The van der Waals surface area contributed by atoms with Crippen LogP contribution in [0, 0.1) is 5.92 Å². The largest absolute Gasteiger partial charge is 0.392 e. The lowest BCUT2D eigenvalue weighted by Crippen LogP contribution is -2.43. The fraction of sp³-hybridized carbons (Fsp3) is 0.278. The highest BCUT2D eigenvalue weighted by molar-refractivity contribution is 6.02. The molecule has 0 bridgehead atoms. The third kappa shape index (κ3) is 5.78. The molecule has 1 fully saturated rings. The van der Waals surface area contributed by atoms with Gasteiger partial charge in [0.15, 0.2) is 6.29 Å². The molecule has 1 saturated heterocycles. The van der Waals surface area contributed by atoms with E-state index in [0.29, 0.717) is 6.54 Å². The summed E-state index contributed by atoms with van der Waals surface area (Å²) in [6, 6.07) is 35.8. The topological polar surface area (TPSA) is 68.0 Å². The Morgan fingerprint density at radius 3 is 1.95 bits per heavy atom. The third-order valence-electron chi connectivity index (χ3n) is 8.41. The van der Waals surface area contributed by atoms with Crippen LogP contribution in [0.5, 0.6) is 0 Å². The number of nitrogens with two attached hydrogens (primary N) is 1. The normalized spacial score (nSPS) is 21.1. The van der Waals surface area contributed by atoms with Crippen molar-refractivity contribution in [3.8, 4) is 0 Å². The lowest BCUT2D eigenvalue weighted by molar-refractivity contribution is -0.276. The average molecular weight is 547 g/mol. The Bertz CT molecular complexity index is 1560. The molecule has 0 aliphatic carbocycles. The third-order valence-corrected chi connectivity index (χ3v) is 8.41. The fourth-order valence-electron chi connectivity index (χ4n) is 6.06. The summed E-state index contributed by atoms with van der Waals surface area (Å²) in [5.74, 6) is 0.112. The molecule has 4 atom stereocenters. The molecule has 3 N–H and O–H groups in total. The van der Waals surface area contributed by atoms with Crippen LogP contribution in [0.4, 0.5) is 0 Å². The van der Waals surface area contributed by atoms with Crippen molar-refractivity contribution in [1.82, 2.24) is 4.90 Å². The first-order valence-corrected chi connectivity index (χ1v) is 14.4. The molecule has 1 heterocycles. The molecule has 0 saturated carbocycles. The maximum atomic E-state index is 9.55. The Hall–Kier alpha value is -3.58. The second-order valence-electron chi connectivity index (χ2n) is 11.3. The maximum Gasteiger partial charge on any atom is 0.184 e. The molecule has 5 aromatic carbocycles. The molecule has 1 unspecified atom stereocenters. The van der Waals surface area contributed by atoms with Gasteiger partial charge < -0.3 is 20.3 Å². The molecule has 5 aromatic rings. The number of ether oxygens (including phenoxy) is 2. The van der Waals surface area contributed by atoms with Gasteiger partial charge in [-0.3, -0.25) is 4.90 Å². The van der Waals surface area contributed by atoms with E-state index in [4.69, 9.17) is 15.2 Å². The van der Waals surface area contributed by atoms with Gasteiger partial charge in [-0.05, 0) is 56.9 Å². The molecule has 5 heteroatoms. The van der Waals surface area contributed by atoms with Gasteiger partial charge in [0.1, 0.15) is 0 Å². The number of hydrogen-bond acceptors (Lipinski definition) is 5. The van der Waals surface area contributed by atoms with Gasteiger partial charge in [-0.25, -0.2) is 0 Å². The van der Waals surface area contributed by atoms with Crippen LogP contribution in [-0.2, 0) is 29.2 Å². The highest BCUT2D eigenvalue weighted by Gasteiger charge is 2.38. The number of benzene rings is 5. The molecule has 5 nitrogen and oxygen atoms in total. The maximum absolute atomic E-state index is 9.55. The number of rotatable bonds is 8. The van der Waals surface area contributed by atoms with Crippen LogP contribution in [0.3, 0.4) is 0 Å². The van der Waals surface area contributed by atoms with Crippen molar-refractivity contribution in [1.29, 1.82) is 0 Å². The first-order valence-electron chi connectivity index (χ1n) is 14.4. The van der Waals surface area contributed by atoms with Crippen molar-refractivity contribution in [3.05, 3.63) is 131 Å². The van der Waals surface area contributed by atoms with E-state index in [1.807, 2.05) is 24.3 Å². The second kappa shape index (κ2) is 12.1. The van der Waals surface area contributed by atoms with Crippen LogP contribution in [0.15, 0.2) is 103 Å². The lowest BCUT2D eigenvalue weighted by Gasteiger charge is -2.42. The Kier molecular flexibility index (Phi) is 8.15. The molecule has 0 radical (unpaired) electrons. The van der Waals surface area contributed by atoms with E-state index in [2.05, 4.69) is 97.7 Å². The summed E-state index contributed by atoms with van der Waals surface area (Å²) in [6.45, 7) is 4.30. The summed E-state index contributed by atoms with van der Waals surface area (Å²) in [5.41, 5.74) is 11.2. The standard InChI is InChI=1S/C36H38N2O3/c1-24-34(22-38(2)21-33-31-9-5-3-7-29(31)19-30-8-4-6-10-32(30)33)40-36(28-17-11-25(20-37)12-18-28)41-35(24)27-15-13-26(23-39)14-16-27/h3-19,24,34-36,39H,20-23,37H2,1-2H3/t24-,34+,35+,36?/m0/s1. The number of aliphatic hydroxyl groups excluding tert-OH is 1. The van der Waals surface area contributed by atoms with Crippen molar-refractivity contribution in [2.45, 2.75) is 45.1 Å². The molecule has 1 aliphatic heterocycles. The summed E-state index contributed by atoms with van der Waals surface area (Å²) in [7, 11) is 2.18. The number of nitrogens with zero attached hydrogens (tertiary/aromatic N) is 1. The zero-order chi connectivity index (χ0) is 28.3. The number of likely N-dealkylation sites (N-methyl/N-ethyl adjacent to an activating group) is 1. The Labute approximate surface area is 242 Å². The van der Waals surface area contributed by atoms with Crippen molar-refractivity contribution in [2.75, 3.05) is 13.6 Å². The van der Waals surface area contributed by atoms with Crippen LogP contribution < -0.4 is 5.73 Å². The number of aliphatic hydroxyl groups is 1. The minimum absolute atomic E-state index is 0.0247. The summed E-state index contributed by atoms with van der Waals surface area (Å²) in [4.78, 5) is 2.38. The monoisotopic (exact) mass is 546 g/mol. The first kappa shape index (κ1) is 27.6. The molecular weight excluding hydrogens is 508 g/mol. The van der Waals surface area contributed by atoms with Crippen LogP contribution in [0.2, 0.25) is 0 Å². The summed E-state index contributed by atoms with van der Waals surface area (Å²) in [6.07, 6.45) is -0.693. The smallest absolute Gasteiger partial charge is 0.184 e. The van der Waals surface area contributed by atoms with Crippen LogP contribution in [0.25, 0.3) is 21.5 Å². The van der Waals surface area contributed by atoms with Crippen LogP contribution in [-0.4, -0.2) is 29.7 Å². The van der Waals surface area contributed by atoms with Gasteiger partial charge >= 0.3 is 0 Å². The fourth-order valence-corrected chi connectivity index (χ4v) is 6.06. The van der Waals surface area contributed by atoms with Crippen molar-refractivity contribution < 1.29 is 14.6 Å². The molecule has 0 spiro atoms. The van der Waals surface area contributed by atoms with E-state index in [9.17, 15) is 5.11 Å². The Morgan fingerprint density at radius 2 is 1.34 bits per heavy atom. The number of fused-ring (bicyclic) bond motifs is 2. The van der Waals surface area contributed by atoms with Gasteiger partial charge in [0.05, 0.1) is 18.8 Å². The molecule has 1 aliphatic rings. The van der Waals surface area contributed by atoms with Gasteiger partial charge in [-0.15, -0.1) is 0 Å². The van der Waals surface area contributed by atoms with Gasteiger partial charge in [0.25, 0.3) is 0 Å². The molecule has 41 heavy (non-hydrogen) atoms. The minimum Gasteiger partial charge on any atom is -0.392 e. The first-order chi connectivity index (χ1) is 20.0. The Balaban J connectivity index is 1.30. The van der Waals surface area contributed by atoms with E-state index in [1.54, 1.807) is 0 Å². The van der Waals surface area contributed by atoms with Crippen molar-refractivity contribution >= 4 is 21.5 Å². The second-order valence-corrected chi connectivity index (χ2v) is 11.3. The quantitative estimate of drug-likeness (QED) is 0.208. The van der Waals surface area contributed by atoms with E-state index < -0.39 is 6.29 Å². The minimum atomic E-state index is -0.489. The van der Waals surface area contributed by atoms with Crippen LogP contribution in [0.1, 0.15) is 47.1 Å². The summed E-state index contributed by atoms with van der Waals surface area (Å²) < 4.78 is 13.3. The van der Waals surface area contributed by atoms with Gasteiger partial charge in [-0.2, -0.15) is 0 Å². The molecule has 0 aromatic heterocycles. The molecule has 210 valence electrons. The van der Waals surface area contributed by atoms with Crippen LogP contribution >= 0.6 is 0 Å². The predicted octanol–water partition coefficient (Wildman–Crippen LogP) is 6.87. The van der Waals surface area contributed by atoms with Crippen molar-refractivity contribution in [2.24, 2.45) is 11.7 Å². The van der Waals surface area contributed by atoms with Crippen molar-refractivity contribution in [3.63, 3.8) is 0 Å². The number of hydrogen-bond donors (Lipinski definition) is 2. The average Bonchev–Trinajstić information content (AvgIpc) is 3.02. The predicted molar refractivity (Wildman–Crippen MR) is 165 cm³/mol. The molecular formula is C36H38N2O3. The molecule has 0 amide bonds. The van der Waals surface area contributed by atoms with Gasteiger partial charge in [0.2, 0.25) is 0 Å². The zero-order valence-electron chi connectivity index (χ0n) is 23.7. The van der Waals surface area contributed by atoms with E-state index in [0.717, 1.165) is 35.3 Å².